The van der Waals surface area contributed by atoms with E-state index in [9.17, 15) is 19.8 Å². The van der Waals surface area contributed by atoms with Gasteiger partial charge in [0, 0.05) is 4.47 Å². The van der Waals surface area contributed by atoms with Crippen LogP contribution >= 0.6 is 15.9 Å². The molecule has 0 heterocycles. The molecule has 0 spiro atoms. The van der Waals surface area contributed by atoms with Gasteiger partial charge in [-0.05, 0) is 35.4 Å². The first-order valence-electron chi connectivity index (χ1n) is 8.62. The van der Waals surface area contributed by atoms with E-state index < -0.39 is 23.4 Å². The lowest BCUT2D eigenvalue weighted by Gasteiger charge is -2.10. The molecule has 148 valence electrons. The highest BCUT2D eigenvalue weighted by atomic mass is 79.9. The minimum atomic E-state index is -0.829. The number of aromatic hydroxyl groups is 2. The van der Waals surface area contributed by atoms with Crippen molar-refractivity contribution < 1.29 is 29.3 Å². The van der Waals surface area contributed by atoms with Crippen molar-refractivity contribution in [3.8, 4) is 11.5 Å². The van der Waals surface area contributed by atoms with Gasteiger partial charge in [-0.25, -0.2) is 9.59 Å². The average molecular weight is 457 g/mol. The first kappa shape index (κ1) is 20.4. The summed E-state index contributed by atoms with van der Waals surface area (Å²) >= 11 is 3.32. The van der Waals surface area contributed by atoms with Crippen molar-refractivity contribution in [1.29, 1.82) is 0 Å². The Morgan fingerprint density at radius 1 is 0.724 bits per heavy atom. The number of hydrogen-bond acceptors (Lipinski definition) is 6. The Kier molecular flexibility index (Phi) is 6.51. The topological polar surface area (TPSA) is 93.1 Å². The van der Waals surface area contributed by atoms with Crippen molar-refractivity contribution in [2.75, 3.05) is 0 Å². The van der Waals surface area contributed by atoms with Gasteiger partial charge in [-0.2, -0.15) is 0 Å². The van der Waals surface area contributed by atoms with Crippen LogP contribution in [-0.4, -0.2) is 22.2 Å². The van der Waals surface area contributed by atoms with Crippen LogP contribution < -0.4 is 0 Å². The van der Waals surface area contributed by atoms with Crippen LogP contribution in [-0.2, 0) is 22.7 Å². The second kappa shape index (κ2) is 9.25. The van der Waals surface area contributed by atoms with Gasteiger partial charge in [0.05, 0.1) is 0 Å². The maximum atomic E-state index is 12.2. The Balaban J connectivity index is 1.66. The third kappa shape index (κ3) is 5.36. The van der Waals surface area contributed by atoms with Crippen molar-refractivity contribution in [1.82, 2.24) is 0 Å². The van der Waals surface area contributed by atoms with E-state index in [-0.39, 0.29) is 24.3 Å². The van der Waals surface area contributed by atoms with E-state index in [1.54, 1.807) is 36.4 Å². The molecule has 0 amide bonds. The molecule has 0 atom stereocenters. The summed E-state index contributed by atoms with van der Waals surface area (Å²) in [6.07, 6.45) is 0. The molecular formula is C22H17BrO6. The SMILES string of the molecule is O=C(OCc1ccccc1)c1cc(O)c(C(=O)OCc2ccc(Br)cc2)cc1O. The molecule has 0 aromatic heterocycles. The summed E-state index contributed by atoms with van der Waals surface area (Å²) in [7, 11) is 0. The van der Waals surface area contributed by atoms with Crippen LogP contribution in [0.15, 0.2) is 71.2 Å². The molecule has 3 aromatic carbocycles. The number of carbonyl (C=O) groups excluding carboxylic acids is 2. The summed E-state index contributed by atoms with van der Waals surface area (Å²) in [6.45, 7) is 0.00401. The second-order valence-electron chi connectivity index (χ2n) is 6.15. The summed E-state index contributed by atoms with van der Waals surface area (Å²) in [6, 6.07) is 18.2. The average Bonchev–Trinajstić information content (AvgIpc) is 2.73. The molecule has 3 aromatic rings. The van der Waals surface area contributed by atoms with Crippen LogP contribution in [0, 0.1) is 0 Å². The smallest absolute Gasteiger partial charge is 0.342 e. The van der Waals surface area contributed by atoms with Gasteiger partial charge in [-0.3, -0.25) is 0 Å². The van der Waals surface area contributed by atoms with Crippen LogP contribution in [0.5, 0.6) is 11.5 Å². The number of carbonyl (C=O) groups is 2. The second-order valence-corrected chi connectivity index (χ2v) is 7.07. The zero-order chi connectivity index (χ0) is 20.8. The fraction of sp³-hybridized carbons (Fsp3) is 0.0909. The Bertz CT molecular complexity index is 1020. The lowest BCUT2D eigenvalue weighted by Crippen LogP contribution is -2.09. The third-order valence-corrected chi connectivity index (χ3v) is 4.58. The van der Waals surface area contributed by atoms with Crippen LogP contribution in [0.2, 0.25) is 0 Å². The van der Waals surface area contributed by atoms with Crippen LogP contribution in [0.4, 0.5) is 0 Å². The number of halogens is 1. The quantitative estimate of drug-likeness (QED) is 0.416. The fourth-order valence-corrected chi connectivity index (χ4v) is 2.78. The predicted octanol–water partition coefficient (Wildman–Crippen LogP) is 4.57. The van der Waals surface area contributed by atoms with Gasteiger partial charge >= 0.3 is 11.9 Å². The highest BCUT2D eigenvalue weighted by Gasteiger charge is 2.21. The Hall–Kier alpha value is -3.32. The molecular weight excluding hydrogens is 440 g/mol. The summed E-state index contributed by atoms with van der Waals surface area (Å²) in [5, 5.41) is 20.3. The molecule has 0 saturated carbocycles. The Labute approximate surface area is 175 Å². The highest BCUT2D eigenvalue weighted by molar-refractivity contribution is 9.10. The molecule has 0 fully saturated rings. The zero-order valence-electron chi connectivity index (χ0n) is 15.2. The lowest BCUT2D eigenvalue weighted by atomic mass is 10.1. The maximum absolute atomic E-state index is 12.2. The monoisotopic (exact) mass is 456 g/mol. The minimum absolute atomic E-state index is 0.00676. The van der Waals surface area contributed by atoms with Gasteiger partial charge in [0.25, 0.3) is 0 Å². The molecule has 0 unspecified atom stereocenters. The van der Waals surface area contributed by atoms with E-state index in [0.717, 1.165) is 27.7 Å². The van der Waals surface area contributed by atoms with E-state index in [0.29, 0.717) is 0 Å². The largest absolute Gasteiger partial charge is 0.507 e. The van der Waals surface area contributed by atoms with Crippen molar-refractivity contribution >= 4 is 27.9 Å². The summed E-state index contributed by atoms with van der Waals surface area (Å²) in [5.41, 5.74) is 1.03. The first-order valence-corrected chi connectivity index (χ1v) is 9.42. The maximum Gasteiger partial charge on any atom is 0.342 e. The standard InChI is InChI=1S/C22H17BrO6/c23-16-8-6-15(7-9-16)13-29-22(27)18-11-19(24)17(10-20(18)25)21(26)28-12-14-4-2-1-3-5-14/h1-11,24-25H,12-13H2. The molecule has 0 aliphatic rings. The Morgan fingerprint density at radius 3 is 1.66 bits per heavy atom. The van der Waals surface area contributed by atoms with Crippen molar-refractivity contribution in [2.45, 2.75) is 13.2 Å². The molecule has 3 rings (SSSR count). The normalized spacial score (nSPS) is 10.4. The van der Waals surface area contributed by atoms with Crippen LogP contribution in [0.3, 0.4) is 0 Å². The van der Waals surface area contributed by atoms with Crippen LogP contribution in [0.1, 0.15) is 31.8 Å². The zero-order valence-corrected chi connectivity index (χ0v) is 16.8. The van der Waals surface area contributed by atoms with Crippen molar-refractivity contribution in [3.63, 3.8) is 0 Å². The number of benzene rings is 3. The number of phenols is 2. The van der Waals surface area contributed by atoms with E-state index in [4.69, 9.17) is 9.47 Å². The molecule has 0 aliphatic heterocycles. The summed E-state index contributed by atoms with van der Waals surface area (Å²) in [4.78, 5) is 24.4. The van der Waals surface area contributed by atoms with Crippen LogP contribution in [0.25, 0.3) is 0 Å². The number of rotatable bonds is 6. The number of phenolic OH excluding ortho intramolecular Hbond substituents is 2. The number of esters is 2. The van der Waals surface area contributed by atoms with Gasteiger partial charge in [0.15, 0.2) is 0 Å². The molecule has 0 saturated heterocycles. The first-order chi connectivity index (χ1) is 13.9. The van der Waals surface area contributed by atoms with Gasteiger partial charge in [-0.1, -0.05) is 58.4 Å². The van der Waals surface area contributed by atoms with E-state index in [2.05, 4.69) is 15.9 Å². The molecule has 0 bridgehead atoms. The van der Waals surface area contributed by atoms with Crippen molar-refractivity contribution in [3.05, 3.63) is 93.5 Å². The predicted molar refractivity (Wildman–Crippen MR) is 109 cm³/mol. The van der Waals surface area contributed by atoms with Crippen molar-refractivity contribution in [2.24, 2.45) is 0 Å². The van der Waals surface area contributed by atoms with Gasteiger partial charge < -0.3 is 19.7 Å². The van der Waals surface area contributed by atoms with E-state index >= 15 is 0 Å². The lowest BCUT2D eigenvalue weighted by molar-refractivity contribution is 0.0452. The number of hydrogen-bond donors (Lipinski definition) is 2. The van der Waals surface area contributed by atoms with E-state index in [1.807, 2.05) is 18.2 Å². The van der Waals surface area contributed by atoms with Gasteiger partial charge in [-0.15, -0.1) is 0 Å². The molecule has 2 N–H and O–H groups in total. The molecule has 7 heteroatoms. The molecule has 0 aliphatic carbocycles. The number of ether oxygens (including phenoxy) is 2. The van der Waals surface area contributed by atoms with Gasteiger partial charge in [0.2, 0.25) is 0 Å². The highest BCUT2D eigenvalue weighted by Crippen LogP contribution is 2.29. The van der Waals surface area contributed by atoms with E-state index in [1.165, 1.54) is 0 Å². The Morgan fingerprint density at radius 2 is 1.17 bits per heavy atom. The fourth-order valence-electron chi connectivity index (χ4n) is 2.51. The third-order valence-electron chi connectivity index (χ3n) is 4.05. The molecule has 0 radical (unpaired) electrons. The minimum Gasteiger partial charge on any atom is -0.507 e. The molecule has 29 heavy (non-hydrogen) atoms. The van der Waals surface area contributed by atoms with Gasteiger partial charge in [0.1, 0.15) is 35.8 Å². The molecule has 6 nitrogen and oxygen atoms in total. The summed E-state index contributed by atoms with van der Waals surface area (Å²) < 4.78 is 11.2. The summed E-state index contributed by atoms with van der Waals surface area (Å²) in [5.74, 6) is -2.63.